The third-order valence-electron chi connectivity index (χ3n) is 2.89. The van der Waals surface area contributed by atoms with E-state index in [0.29, 0.717) is 0 Å². The molecule has 3 nitrogen and oxygen atoms in total. The van der Waals surface area contributed by atoms with Crippen LogP contribution in [-0.4, -0.2) is 18.1 Å². The number of pyridine rings is 1. The molecule has 0 aliphatic carbocycles. The summed E-state index contributed by atoms with van der Waals surface area (Å²) in [6.07, 6.45) is 8.10. The zero-order valence-electron chi connectivity index (χ0n) is 10.6. The van der Waals surface area contributed by atoms with Crippen molar-refractivity contribution < 1.29 is 4.74 Å². The van der Waals surface area contributed by atoms with E-state index in [0.717, 1.165) is 28.8 Å². The molecule has 1 aromatic heterocycles. The molecule has 92 valence electrons. The van der Waals surface area contributed by atoms with Crippen molar-refractivity contribution in [1.82, 2.24) is 4.98 Å². The van der Waals surface area contributed by atoms with Crippen LogP contribution in [0.15, 0.2) is 30.5 Å². The number of rotatable bonds is 4. The molecule has 1 heterocycles. The van der Waals surface area contributed by atoms with Gasteiger partial charge in [0.05, 0.1) is 13.2 Å². The Morgan fingerprint density at radius 2 is 2.28 bits per heavy atom. The van der Waals surface area contributed by atoms with Crippen LogP contribution in [0.25, 0.3) is 10.8 Å². The monoisotopic (exact) mass is 240 g/mol. The van der Waals surface area contributed by atoms with Crippen LogP contribution in [0.1, 0.15) is 13.3 Å². The molecule has 1 unspecified atom stereocenters. The fraction of sp³-hybridized carbons (Fsp3) is 0.267. The average Bonchev–Trinajstić information content (AvgIpc) is 2.44. The molecule has 2 rings (SSSR count). The van der Waals surface area contributed by atoms with Crippen LogP contribution >= 0.6 is 0 Å². The minimum absolute atomic E-state index is 0.00528. The van der Waals surface area contributed by atoms with Gasteiger partial charge in [0, 0.05) is 11.6 Å². The summed E-state index contributed by atoms with van der Waals surface area (Å²) in [5.74, 6) is 4.33. The van der Waals surface area contributed by atoms with Gasteiger partial charge in [-0.15, -0.1) is 6.42 Å². The summed E-state index contributed by atoms with van der Waals surface area (Å²) >= 11 is 0. The summed E-state index contributed by atoms with van der Waals surface area (Å²) in [4.78, 5) is 4.36. The summed E-state index contributed by atoms with van der Waals surface area (Å²) in [5, 5.41) is 5.40. The molecule has 1 aromatic carbocycles. The highest BCUT2D eigenvalue weighted by Gasteiger charge is 2.07. The third-order valence-corrected chi connectivity index (χ3v) is 2.89. The quantitative estimate of drug-likeness (QED) is 0.834. The molecule has 0 radical (unpaired) electrons. The Balaban J connectivity index is 2.46. The van der Waals surface area contributed by atoms with Crippen LogP contribution in [0.3, 0.4) is 0 Å². The number of hydrogen-bond donors (Lipinski definition) is 1. The van der Waals surface area contributed by atoms with Crippen molar-refractivity contribution in [2.75, 3.05) is 12.4 Å². The number of fused-ring (bicyclic) bond motifs is 1. The van der Waals surface area contributed by atoms with Crippen molar-refractivity contribution in [3.05, 3.63) is 30.5 Å². The Hall–Kier alpha value is -2.21. The van der Waals surface area contributed by atoms with E-state index in [4.69, 9.17) is 11.2 Å². The standard InChI is InChI=1S/C15H16N2O/c1-4-12(5-2)17-15-14-10-13(18-3)7-6-11(14)8-9-16-15/h1,6-10,12H,5H2,2-3H3,(H,16,17). The maximum absolute atomic E-state index is 5.47. The summed E-state index contributed by atoms with van der Waals surface area (Å²) < 4.78 is 5.24. The van der Waals surface area contributed by atoms with Crippen molar-refractivity contribution in [3.63, 3.8) is 0 Å². The highest BCUT2D eigenvalue weighted by Crippen LogP contribution is 2.26. The zero-order chi connectivity index (χ0) is 13.0. The van der Waals surface area contributed by atoms with Gasteiger partial charge in [-0.25, -0.2) is 4.98 Å². The number of aromatic nitrogens is 1. The number of ether oxygens (including phenoxy) is 1. The summed E-state index contributed by atoms with van der Waals surface area (Å²) in [5.41, 5.74) is 0. The maximum atomic E-state index is 5.47. The first-order valence-corrected chi connectivity index (χ1v) is 5.94. The molecule has 18 heavy (non-hydrogen) atoms. The Bertz CT molecular complexity index is 587. The highest BCUT2D eigenvalue weighted by molar-refractivity contribution is 5.92. The van der Waals surface area contributed by atoms with E-state index < -0.39 is 0 Å². The Labute approximate surface area is 107 Å². The van der Waals surface area contributed by atoms with Crippen molar-refractivity contribution >= 4 is 16.6 Å². The molecule has 0 saturated carbocycles. The van der Waals surface area contributed by atoms with Crippen LogP contribution in [0, 0.1) is 12.3 Å². The van der Waals surface area contributed by atoms with Crippen LogP contribution < -0.4 is 10.1 Å². The van der Waals surface area contributed by atoms with Gasteiger partial charge in [0.15, 0.2) is 0 Å². The van der Waals surface area contributed by atoms with E-state index in [1.165, 1.54) is 0 Å². The highest BCUT2D eigenvalue weighted by atomic mass is 16.5. The smallest absolute Gasteiger partial charge is 0.134 e. The first kappa shape index (κ1) is 12.3. The van der Waals surface area contributed by atoms with Gasteiger partial charge in [-0.05, 0) is 30.0 Å². The second-order valence-electron chi connectivity index (χ2n) is 4.02. The van der Waals surface area contributed by atoms with Crippen LogP contribution in [0.5, 0.6) is 5.75 Å². The van der Waals surface area contributed by atoms with Crippen LogP contribution in [0.2, 0.25) is 0 Å². The SMILES string of the molecule is C#CC(CC)Nc1nccc2ccc(OC)cc12. The maximum Gasteiger partial charge on any atom is 0.134 e. The normalized spacial score (nSPS) is 11.8. The second-order valence-corrected chi connectivity index (χ2v) is 4.02. The summed E-state index contributed by atoms with van der Waals surface area (Å²) in [6, 6.07) is 7.88. The predicted octanol–water partition coefficient (Wildman–Crippen LogP) is 3.07. The van der Waals surface area contributed by atoms with Crippen LogP contribution in [-0.2, 0) is 0 Å². The molecule has 0 aliphatic rings. The molecule has 0 spiro atoms. The lowest BCUT2D eigenvalue weighted by atomic mass is 10.1. The minimum Gasteiger partial charge on any atom is -0.497 e. The Morgan fingerprint density at radius 3 is 2.94 bits per heavy atom. The number of methoxy groups -OCH3 is 1. The first-order chi connectivity index (χ1) is 8.78. The first-order valence-electron chi connectivity index (χ1n) is 5.94. The molecule has 0 bridgehead atoms. The number of nitrogens with zero attached hydrogens (tertiary/aromatic N) is 1. The molecule has 0 fully saturated rings. The van der Waals surface area contributed by atoms with E-state index in [-0.39, 0.29) is 6.04 Å². The number of nitrogens with one attached hydrogen (secondary N) is 1. The summed E-state index contributed by atoms with van der Waals surface area (Å²) in [7, 11) is 1.65. The van der Waals surface area contributed by atoms with Gasteiger partial charge >= 0.3 is 0 Å². The largest absolute Gasteiger partial charge is 0.497 e. The van der Waals surface area contributed by atoms with Gasteiger partial charge in [0.1, 0.15) is 11.6 Å². The van der Waals surface area contributed by atoms with E-state index in [2.05, 4.69) is 16.2 Å². The number of hydrogen-bond acceptors (Lipinski definition) is 3. The van der Waals surface area contributed by atoms with Gasteiger partial charge in [0.2, 0.25) is 0 Å². The van der Waals surface area contributed by atoms with E-state index in [9.17, 15) is 0 Å². The molecule has 0 aliphatic heterocycles. The molecule has 3 heteroatoms. The number of anilines is 1. The van der Waals surface area contributed by atoms with Gasteiger partial charge in [-0.1, -0.05) is 18.9 Å². The van der Waals surface area contributed by atoms with Gasteiger partial charge in [-0.2, -0.15) is 0 Å². The Morgan fingerprint density at radius 1 is 1.44 bits per heavy atom. The number of terminal acetylenes is 1. The topological polar surface area (TPSA) is 34.2 Å². The summed E-state index contributed by atoms with van der Waals surface area (Å²) in [6.45, 7) is 2.04. The minimum atomic E-state index is -0.00528. The molecule has 2 aromatic rings. The van der Waals surface area contributed by atoms with Crippen molar-refractivity contribution in [1.29, 1.82) is 0 Å². The van der Waals surface area contributed by atoms with Crippen molar-refractivity contribution in [3.8, 4) is 18.1 Å². The fourth-order valence-electron chi connectivity index (χ4n) is 1.82. The number of benzene rings is 1. The Kier molecular flexibility index (Phi) is 3.69. The van der Waals surface area contributed by atoms with Gasteiger partial charge in [-0.3, -0.25) is 0 Å². The fourth-order valence-corrected chi connectivity index (χ4v) is 1.82. The lowest BCUT2D eigenvalue weighted by Gasteiger charge is -2.13. The molecule has 1 N–H and O–H groups in total. The molecular formula is C15H16N2O. The lowest BCUT2D eigenvalue weighted by Crippen LogP contribution is -2.16. The zero-order valence-corrected chi connectivity index (χ0v) is 10.6. The molecule has 0 amide bonds. The van der Waals surface area contributed by atoms with Crippen molar-refractivity contribution in [2.45, 2.75) is 19.4 Å². The predicted molar refractivity (Wildman–Crippen MR) is 74.8 cm³/mol. The van der Waals surface area contributed by atoms with Gasteiger partial charge < -0.3 is 10.1 Å². The molecule has 0 saturated heterocycles. The van der Waals surface area contributed by atoms with Crippen molar-refractivity contribution in [2.24, 2.45) is 0 Å². The van der Waals surface area contributed by atoms with Crippen LogP contribution in [0.4, 0.5) is 5.82 Å². The average molecular weight is 240 g/mol. The second kappa shape index (κ2) is 5.42. The third kappa shape index (κ3) is 2.38. The van der Waals surface area contributed by atoms with Gasteiger partial charge in [0.25, 0.3) is 0 Å². The lowest BCUT2D eigenvalue weighted by molar-refractivity contribution is 0.415. The van der Waals surface area contributed by atoms with E-state index in [1.807, 2.05) is 31.2 Å². The van der Waals surface area contributed by atoms with E-state index in [1.54, 1.807) is 13.3 Å². The van der Waals surface area contributed by atoms with E-state index >= 15 is 0 Å². The molecule has 1 atom stereocenters. The molecular weight excluding hydrogens is 224 g/mol.